The van der Waals surface area contributed by atoms with Crippen molar-refractivity contribution in [3.8, 4) is 0 Å². The van der Waals surface area contributed by atoms with Gasteiger partial charge in [0.2, 0.25) is 5.91 Å². The van der Waals surface area contributed by atoms with Crippen LogP contribution in [0, 0.1) is 6.92 Å². The fraction of sp³-hybridized carbons (Fsp3) is 0.562. The summed E-state index contributed by atoms with van der Waals surface area (Å²) >= 11 is 0. The summed E-state index contributed by atoms with van der Waals surface area (Å²) in [7, 11) is 1.66. The number of nitrogens with zero attached hydrogens (tertiary/aromatic N) is 1. The summed E-state index contributed by atoms with van der Waals surface area (Å²) in [6.45, 7) is 5.97. The number of carbonyl (C=O) groups excluding carboxylic acids is 1. The van der Waals surface area contributed by atoms with Crippen molar-refractivity contribution in [2.45, 2.75) is 39.3 Å². The minimum atomic E-state index is -0.435. The SMILES string of the molecule is CCN(Cc1cccc(C)c1)C(=O)C(N)CCCOC. The van der Waals surface area contributed by atoms with Crippen molar-refractivity contribution in [1.29, 1.82) is 0 Å². The molecule has 1 rings (SSSR count). The minimum absolute atomic E-state index is 0.0186. The van der Waals surface area contributed by atoms with E-state index in [-0.39, 0.29) is 5.91 Å². The van der Waals surface area contributed by atoms with E-state index in [2.05, 4.69) is 19.1 Å². The molecule has 1 unspecified atom stereocenters. The lowest BCUT2D eigenvalue weighted by molar-refractivity contribution is -0.133. The van der Waals surface area contributed by atoms with Gasteiger partial charge < -0.3 is 15.4 Å². The zero-order valence-electron chi connectivity index (χ0n) is 12.8. The molecule has 0 heterocycles. The van der Waals surface area contributed by atoms with Gasteiger partial charge in [-0.1, -0.05) is 29.8 Å². The molecule has 20 heavy (non-hydrogen) atoms. The maximum Gasteiger partial charge on any atom is 0.239 e. The highest BCUT2D eigenvalue weighted by atomic mass is 16.5. The van der Waals surface area contributed by atoms with Crippen LogP contribution in [-0.2, 0) is 16.1 Å². The van der Waals surface area contributed by atoms with E-state index in [0.717, 1.165) is 12.0 Å². The maximum absolute atomic E-state index is 12.3. The molecule has 2 N–H and O–H groups in total. The summed E-state index contributed by atoms with van der Waals surface area (Å²) in [5.74, 6) is 0.0186. The molecule has 4 nitrogen and oxygen atoms in total. The highest BCUT2D eigenvalue weighted by Crippen LogP contribution is 2.09. The number of hydrogen-bond acceptors (Lipinski definition) is 3. The Hall–Kier alpha value is -1.39. The molecule has 1 aromatic rings. The topological polar surface area (TPSA) is 55.6 Å². The molecule has 0 aromatic heterocycles. The number of hydrogen-bond donors (Lipinski definition) is 1. The largest absolute Gasteiger partial charge is 0.385 e. The van der Waals surface area contributed by atoms with E-state index in [9.17, 15) is 4.79 Å². The molecule has 1 aromatic carbocycles. The number of rotatable bonds is 8. The standard InChI is InChI=1S/C16H26N2O2/c1-4-18(12-14-8-5-7-13(2)11-14)16(19)15(17)9-6-10-20-3/h5,7-8,11,15H,4,6,9-10,12,17H2,1-3H3. The van der Waals surface area contributed by atoms with Crippen molar-refractivity contribution in [2.24, 2.45) is 5.73 Å². The third kappa shape index (κ3) is 5.31. The highest BCUT2D eigenvalue weighted by Gasteiger charge is 2.19. The molecule has 1 atom stereocenters. The molecule has 1 amide bonds. The monoisotopic (exact) mass is 278 g/mol. The fourth-order valence-electron chi connectivity index (χ4n) is 2.18. The number of aryl methyl sites for hydroxylation is 1. The van der Waals surface area contributed by atoms with Gasteiger partial charge in [0.25, 0.3) is 0 Å². The number of carbonyl (C=O) groups is 1. The predicted molar refractivity (Wildman–Crippen MR) is 81.4 cm³/mol. The Morgan fingerprint density at radius 1 is 1.45 bits per heavy atom. The van der Waals surface area contributed by atoms with Crippen LogP contribution in [0.5, 0.6) is 0 Å². The Balaban J connectivity index is 2.58. The zero-order chi connectivity index (χ0) is 15.0. The lowest BCUT2D eigenvalue weighted by Crippen LogP contribution is -2.43. The van der Waals surface area contributed by atoms with Crippen molar-refractivity contribution in [2.75, 3.05) is 20.3 Å². The molecule has 4 heteroatoms. The maximum atomic E-state index is 12.3. The highest BCUT2D eigenvalue weighted by molar-refractivity contribution is 5.81. The van der Waals surface area contributed by atoms with Crippen molar-refractivity contribution in [1.82, 2.24) is 4.90 Å². The Morgan fingerprint density at radius 3 is 2.80 bits per heavy atom. The van der Waals surface area contributed by atoms with Crippen molar-refractivity contribution in [3.63, 3.8) is 0 Å². The first-order chi connectivity index (χ1) is 9.58. The van der Waals surface area contributed by atoms with Crippen LogP contribution in [0.25, 0.3) is 0 Å². The molecule has 0 bridgehead atoms. The molecule has 0 aliphatic heterocycles. The third-order valence-corrected chi connectivity index (χ3v) is 3.33. The molecule has 0 radical (unpaired) electrons. The number of nitrogens with two attached hydrogens (primary N) is 1. The molecule has 0 spiro atoms. The van der Waals surface area contributed by atoms with Gasteiger partial charge in [0.05, 0.1) is 6.04 Å². The zero-order valence-corrected chi connectivity index (χ0v) is 12.8. The predicted octanol–water partition coefficient (Wildman–Crippen LogP) is 2.10. The van der Waals surface area contributed by atoms with Gasteiger partial charge >= 0.3 is 0 Å². The van der Waals surface area contributed by atoms with Crippen LogP contribution < -0.4 is 5.73 Å². The molecule has 0 aliphatic rings. The van der Waals surface area contributed by atoms with Crippen LogP contribution in [-0.4, -0.2) is 37.1 Å². The summed E-state index contributed by atoms with van der Waals surface area (Å²) in [6, 6.07) is 7.78. The van der Waals surface area contributed by atoms with E-state index in [1.54, 1.807) is 7.11 Å². The molecule has 112 valence electrons. The van der Waals surface area contributed by atoms with E-state index in [1.807, 2.05) is 24.0 Å². The molecule has 0 fully saturated rings. The van der Waals surface area contributed by atoms with Crippen LogP contribution in [0.1, 0.15) is 30.9 Å². The second-order valence-electron chi connectivity index (χ2n) is 5.08. The van der Waals surface area contributed by atoms with Gasteiger partial charge in [0.15, 0.2) is 0 Å². The number of methoxy groups -OCH3 is 1. The third-order valence-electron chi connectivity index (χ3n) is 3.33. The smallest absolute Gasteiger partial charge is 0.239 e. The Morgan fingerprint density at radius 2 is 2.20 bits per heavy atom. The van der Waals surface area contributed by atoms with Gasteiger partial charge in [-0.05, 0) is 32.3 Å². The second-order valence-corrected chi connectivity index (χ2v) is 5.08. The van der Waals surface area contributed by atoms with Crippen LogP contribution in [0.3, 0.4) is 0 Å². The first-order valence-corrected chi connectivity index (χ1v) is 7.17. The summed E-state index contributed by atoms with van der Waals surface area (Å²) < 4.78 is 4.99. The van der Waals surface area contributed by atoms with E-state index in [1.165, 1.54) is 5.56 Å². The van der Waals surface area contributed by atoms with Gasteiger partial charge in [-0.15, -0.1) is 0 Å². The summed E-state index contributed by atoms with van der Waals surface area (Å²) in [5, 5.41) is 0. The molecule has 0 aliphatic carbocycles. The van der Waals surface area contributed by atoms with Gasteiger partial charge in [-0.25, -0.2) is 0 Å². The Kier molecular flexibility index (Phi) is 7.26. The van der Waals surface area contributed by atoms with Crippen molar-refractivity contribution >= 4 is 5.91 Å². The van der Waals surface area contributed by atoms with Gasteiger partial charge in [0.1, 0.15) is 0 Å². The summed E-state index contributed by atoms with van der Waals surface area (Å²) in [4.78, 5) is 14.1. The Bertz CT molecular complexity index is 421. The van der Waals surface area contributed by atoms with E-state index in [4.69, 9.17) is 10.5 Å². The molecule has 0 saturated carbocycles. The average Bonchev–Trinajstić information content (AvgIpc) is 2.44. The number of likely N-dealkylation sites (N-methyl/N-ethyl adjacent to an activating group) is 1. The average molecular weight is 278 g/mol. The molecule has 0 saturated heterocycles. The van der Waals surface area contributed by atoms with E-state index < -0.39 is 6.04 Å². The molecular formula is C16H26N2O2. The molecular weight excluding hydrogens is 252 g/mol. The quantitative estimate of drug-likeness (QED) is 0.741. The second kappa shape index (κ2) is 8.72. The summed E-state index contributed by atoms with van der Waals surface area (Å²) in [5.41, 5.74) is 8.32. The minimum Gasteiger partial charge on any atom is -0.385 e. The first-order valence-electron chi connectivity index (χ1n) is 7.17. The van der Waals surface area contributed by atoms with Crippen LogP contribution >= 0.6 is 0 Å². The van der Waals surface area contributed by atoms with Crippen molar-refractivity contribution in [3.05, 3.63) is 35.4 Å². The van der Waals surface area contributed by atoms with Crippen LogP contribution in [0.4, 0.5) is 0 Å². The Labute approximate surface area is 121 Å². The fourth-order valence-corrected chi connectivity index (χ4v) is 2.18. The lowest BCUT2D eigenvalue weighted by Gasteiger charge is -2.24. The van der Waals surface area contributed by atoms with E-state index in [0.29, 0.717) is 26.1 Å². The van der Waals surface area contributed by atoms with Crippen LogP contribution in [0.2, 0.25) is 0 Å². The van der Waals surface area contributed by atoms with Crippen molar-refractivity contribution < 1.29 is 9.53 Å². The van der Waals surface area contributed by atoms with Gasteiger partial charge in [-0.2, -0.15) is 0 Å². The number of ether oxygens (including phenoxy) is 1. The lowest BCUT2D eigenvalue weighted by atomic mass is 10.1. The number of amides is 1. The first kappa shape index (κ1) is 16.7. The van der Waals surface area contributed by atoms with Gasteiger partial charge in [-0.3, -0.25) is 4.79 Å². The number of benzene rings is 1. The van der Waals surface area contributed by atoms with Crippen LogP contribution in [0.15, 0.2) is 24.3 Å². The summed E-state index contributed by atoms with van der Waals surface area (Å²) in [6.07, 6.45) is 1.47. The van der Waals surface area contributed by atoms with E-state index >= 15 is 0 Å². The van der Waals surface area contributed by atoms with Gasteiger partial charge in [0, 0.05) is 26.8 Å². The normalized spacial score (nSPS) is 12.2.